The van der Waals surface area contributed by atoms with Gasteiger partial charge >= 0.3 is 0 Å². The monoisotopic (exact) mass is 299 g/mol. The highest BCUT2D eigenvalue weighted by molar-refractivity contribution is 9.10. The van der Waals surface area contributed by atoms with Gasteiger partial charge in [0.2, 0.25) is 0 Å². The summed E-state index contributed by atoms with van der Waals surface area (Å²) in [4.78, 5) is 0. The van der Waals surface area contributed by atoms with E-state index < -0.39 is 0 Å². The van der Waals surface area contributed by atoms with Crippen molar-refractivity contribution in [3.63, 3.8) is 0 Å². The highest BCUT2D eigenvalue weighted by atomic mass is 79.9. The average Bonchev–Trinajstić information content (AvgIpc) is 2.38. The number of halogens is 1. The van der Waals surface area contributed by atoms with Crippen LogP contribution in [0.25, 0.3) is 0 Å². The minimum Gasteiger partial charge on any atom is -0.497 e. The molecular formula is C13H18BrNO2. The fraction of sp³-hybridized carbons (Fsp3) is 0.538. The van der Waals surface area contributed by atoms with Gasteiger partial charge in [0.15, 0.2) is 0 Å². The molecule has 1 saturated heterocycles. The maximum Gasteiger partial charge on any atom is 0.133 e. The Hall–Kier alpha value is -0.740. The van der Waals surface area contributed by atoms with Gasteiger partial charge in [-0.05, 0) is 53.5 Å². The Kier molecular flexibility index (Phi) is 4.68. The van der Waals surface area contributed by atoms with E-state index in [-0.39, 0.29) is 0 Å². The van der Waals surface area contributed by atoms with E-state index in [1.807, 2.05) is 18.2 Å². The summed E-state index contributed by atoms with van der Waals surface area (Å²) < 4.78 is 11.9. The number of ether oxygens (including phenoxy) is 2. The lowest BCUT2D eigenvalue weighted by atomic mass is 10.0. The maximum atomic E-state index is 5.83. The normalized spacial score (nSPS) is 20.0. The first kappa shape index (κ1) is 12.7. The lowest BCUT2D eigenvalue weighted by Gasteiger charge is -2.23. The third-order valence-electron chi connectivity index (χ3n) is 3.01. The Labute approximate surface area is 111 Å². The quantitative estimate of drug-likeness (QED) is 0.927. The van der Waals surface area contributed by atoms with Gasteiger partial charge in [0.05, 0.1) is 18.2 Å². The van der Waals surface area contributed by atoms with Crippen LogP contribution in [0.3, 0.4) is 0 Å². The van der Waals surface area contributed by atoms with Crippen LogP contribution in [0.15, 0.2) is 22.7 Å². The topological polar surface area (TPSA) is 30.5 Å². The molecule has 0 unspecified atom stereocenters. The molecule has 2 rings (SSSR count). The molecule has 1 aliphatic rings. The molecule has 1 aliphatic heterocycles. The smallest absolute Gasteiger partial charge is 0.133 e. The van der Waals surface area contributed by atoms with Crippen molar-refractivity contribution in [1.29, 1.82) is 0 Å². The average molecular weight is 300 g/mol. The van der Waals surface area contributed by atoms with Crippen LogP contribution in [0.2, 0.25) is 0 Å². The third kappa shape index (κ3) is 3.61. The second kappa shape index (κ2) is 6.26. The Morgan fingerprint density at radius 2 is 2.35 bits per heavy atom. The van der Waals surface area contributed by atoms with Crippen molar-refractivity contribution in [3.8, 4) is 11.5 Å². The lowest BCUT2D eigenvalue weighted by molar-refractivity contribution is 0.217. The zero-order valence-corrected chi connectivity index (χ0v) is 11.6. The summed E-state index contributed by atoms with van der Waals surface area (Å²) in [6.07, 6.45) is 2.50. The standard InChI is InChI=1S/C13H18BrNO2/c1-16-11-4-5-13(12(14)7-11)17-9-10-3-2-6-15-8-10/h4-5,7,10,15H,2-3,6,8-9H2,1H3/t10-/m0/s1. The Morgan fingerprint density at radius 3 is 3.00 bits per heavy atom. The molecule has 0 aliphatic carbocycles. The van der Waals surface area contributed by atoms with Crippen LogP contribution < -0.4 is 14.8 Å². The van der Waals surface area contributed by atoms with Gasteiger partial charge in [-0.1, -0.05) is 0 Å². The van der Waals surface area contributed by atoms with Crippen LogP contribution in [-0.4, -0.2) is 26.8 Å². The molecule has 4 heteroatoms. The molecule has 0 aromatic heterocycles. The van der Waals surface area contributed by atoms with Crippen LogP contribution in [0, 0.1) is 5.92 Å². The molecule has 0 amide bonds. The molecule has 3 nitrogen and oxygen atoms in total. The van der Waals surface area contributed by atoms with E-state index in [1.54, 1.807) is 7.11 Å². The largest absolute Gasteiger partial charge is 0.497 e. The molecule has 0 bridgehead atoms. The number of nitrogens with one attached hydrogen (secondary N) is 1. The van der Waals surface area contributed by atoms with E-state index in [4.69, 9.17) is 9.47 Å². The van der Waals surface area contributed by atoms with Gasteiger partial charge in [-0.25, -0.2) is 0 Å². The van der Waals surface area contributed by atoms with E-state index in [2.05, 4.69) is 21.2 Å². The summed E-state index contributed by atoms with van der Waals surface area (Å²) in [5.41, 5.74) is 0. The zero-order chi connectivity index (χ0) is 12.1. The van der Waals surface area contributed by atoms with E-state index in [1.165, 1.54) is 12.8 Å². The Balaban J connectivity index is 1.89. The Bertz CT molecular complexity index is 364. The zero-order valence-electron chi connectivity index (χ0n) is 10.0. The first-order valence-electron chi connectivity index (χ1n) is 5.96. The Morgan fingerprint density at radius 1 is 1.47 bits per heavy atom. The molecule has 1 aromatic carbocycles. The van der Waals surface area contributed by atoms with Crippen molar-refractivity contribution in [1.82, 2.24) is 5.32 Å². The summed E-state index contributed by atoms with van der Waals surface area (Å²) in [6, 6.07) is 5.78. The van der Waals surface area contributed by atoms with Crippen LogP contribution >= 0.6 is 15.9 Å². The van der Waals surface area contributed by atoms with Gasteiger partial charge in [-0.15, -0.1) is 0 Å². The molecule has 17 heavy (non-hydrogen) atoms. The van der Waals surface area contributed by atoms with Crippen LogP contribution in [0.5, 0.6) is 11.5 Å². The van der Waals surface area contributed by atoms with Crippen molar-refractivity contribution in [2.45, 2.75) is 12.8 Å². The molecule has 1 heterocycles. The van der Waals surface area contributed by atoms with Crippen molar-refractivity contribution in [2.75, 3.05) is 26.8 Å². The second-order valence-corrected chi connectivity index (χ2v) is 5.17. The maximum absolute atomic E-state index is 5.83. The van der Waals surface area contributed by atoms with Gasteiger partial charge < -0.3 is 14.8 Å². The van der Waals surface area contributed by atoms with Crippen molar-refractivity contribution in [2.24, 2.45) is 5.92 Å². The molecule has 1 aromatic rings. The number of methoxy groups -OCH3 is 1. The minimum absolute atomic E-state index is 0.623. The molecule has 1 fully saturated rings. The molecular weight excluding hydrogens is 282 g/mol. The minimum atomic E-state index is 0.623. The highest BCUT2D eigenvalue weighted by Gasteiger charge is 2.14. The van der Waals surface area contributed by atoms with E-state index in [9.17, 15) is 0 Å². The fourth-order valence-corrected chi connectivity index (χ4v) is 2.47. The van der Waals surface area contributed by atoms with E-state index in [0.29, 0.717) is 5.92 Å². The van der Waals surface area contributed by atoms with Gasteiger partial charge in [-0.3, -0.25) is 0 Å². The number of piperidine rings is 1. The third-order valence-corrected chi connectivity index (χ3v) is 3.63. The molecule has 1 atom stereocenters. The highest BCUT2D eigenvalue weighted by Crippen LogP contribution is 2.29. The molecule has 0 radical (unpaired) electrons. The fourth-order valence-electron chi connectivity index (χ4n) is 2.00. The predicted octanol–water partition coefficient (Wildman–Crippen LogP) is 2.84. The van der Waals surface area contributed by atoms with Crippen LogP contribution in [-0.2, 0) is 0 Å². The van der Waals surface area contributed by atoms with Crippen molar-refractivity contribution >= 4 is 15.9 Å². The van der Waals surface area contributed by atoms with Gasteiger partial charge in [-0.2, -0.15) is 0 Å². The molecule has 1 N–H and O–H groups in total. The van der Waals surface area contributed by atoms with Crippen LogP contribution in [0.1, 0.15) is 12.8 Å². The number of hydrogen-bond acceptors (Lipinski definition) is 3. The second-order valence-electron chi connectivity index (χ2n) is 4.32. The summed E-state index contributed by atoms with van der Waals surface area (Å²) >= 11 is 3.49. The van der Waals surface area contributed by atoms with Gasteiger partial charge in [0, 0.05) is 12.5 Å². The van der Waals surface area contributed by atoms with Crippen LogP contribution in [0.4, 0.5) is 0 Å². The number of benzene rings is 1. The van der Waals surface area contributed by atoms with Crippen molar-refractivity contribution < 1.29 is 9.47 Å². The van der Waals surface area contributed by atoms with E-state index >= 15 is 0 Å². The summed E-state index contributed by atoms with van der Waals surface area (Å²) in [6.45, 7) is 2.98. The number of rotatable bonds is 4. The van der Waals surface area contributed by atoms with E-state index in [0.717, 1.165) is 35.7 Å². The first-order valence-corrected chi connectivity index (χ1v) is 6.76. The van der Waals surface area contributed by atoms with Crippen molar-refractivity contribution in [3.05, 3.63) is 22.7 Å². The summed E-state index contributed by atoms with van der Waals surface area (Å²) in [7, 11) is 1.66. The number of hydrogen-bond donors (Lipinski definition) is 1. The first-order chi connectivity index (χ1) is 8.29. The molecule has 0 saturated carbocycles. The van der Waals surface area contributed by atoms with Gasteiger partial charge in [0.25, 0.3) is 0 Å². The van der Waals surface area contributed by atoms with Gasteiger partial charge in [0.1, 0.15) is 11.5 Å². The summed E-state index contributed by atoms with van der Waals surface area (Å²) in [5, 5.41) is 3.39. The molecule has 0 spiro atoms. The molecule has 94 valence electrons. The lowest BCUT2D eigenvalue weighted by Crippen LogP contribution is -2.33. The SMILES string of the molecule is COc1ccc(OC[C@H]2CCCNC2)c(Br)c1. The summed E-state index contributed by atoms with van der Waals surface area (Å²) in [5.74, 6) is 2.35. The predicted molar refractivity (Wildman–Crippen MR) is 71.8 cm³/mol.